The summed E-state index contributed by atoms with van der Waals surface area (Å²) >= 11 is 0. The maximum Gasteiger partial charge on any atom is 0.373 e. The highest BCUT2D eigenvalue weighted by Gasteiger charge is 2.31. The number of hydrogen-bond donors (Lipinski definition) is 3. The lowest BCUT2D eigenvalue weighted by Gasteiger charge is -2.28. The van der Waals surface area contributed by atoms with Crippen molar-refractivity contribution >= 4 is 51.1 Å². The summed E-state index contributed by atoms with van der Waals surface area (Å²) in [6.45, 7) is 17.3. The van der Waals surface area contributed by atoms with E-state index in [1.165, 1.54) is 0 Å². The van der Waals surface area contributed by atoms with Crippen LogP contribution in [0.25, 0.3) is 0 Å². The average molecular weight is 556 g/mol. The molecular weight excluding hydrogens is 506 g/mol. The fraction of sp³-hybridized carbons (Fsp3) is 0.833. The zero-order chi connectivity index (χ0) is 27.2. The minimum absolute atomic E-state index is 0. The van der Waals surface area contributed by atoms with E-state index >= 15 is 0 Å². The van der Waals surface area contributed by atoms with Crippen LogP contribution in [-0.2, 0) is 28.7 Å². The quantitative estimate of drug-likeness (QED) is 0.274. The molecule has 2 atom stereocenters. The van der Waals surface area contributed by atoms with Gasteiger partial charge in [0.05, 0.1) is 0 Å². The predicted octanol–water partition coefficient (Wildman–Crippen LogP) is 3.30. The Bertz CT molecular complexity index is 679. The number of carbonyl (C=O) groups excluding carboxylic acids is 5. The molecule has 0 saturated carbocycles. The molecule has 36 heavy (non-hydrogen) atoms. The van der Waals surface area contributed by atoms with Gasteiger partial charge in [-0.1, -0.05) is 20.8 Å². The normalized spacial score (nSPS) is 12.6. The first-order chi connectivity index (χ1) is 15.3. The van der Waals surface area contributed by atoms with E-state index in [2.05, 4.69) is 31.4 Å². The molecule has 4 N–H and O–H groups in total. The Balaban J connectivity index is -0.000000970. The van der Waals surface area contributed by atoms with E-state index in [4.69, 9.17) is 24.8 Å². The largest absolute Gasteiger partial charge is 0.458 e. The lowest BCUT2D eigenvalue weighted by molar-refractivity contribution is -0.191. The number of rotatable bonds is 10. The molecule has 0 rings (SSSR count). The van der Waals surface area contributed by atoms with Gasteiger partial charge in [0.2, 0.25) is 0 Å². The summed E-state index contributed by atoms with van der Waals surface area (Å²) in [5, 5.41) is 5.36. The molecule has 0 fully saturated rings. The summed E-state index contributed by atoms with van der Waals surface area (Å²) in [4.78, 5) is 54.2. The third-order valence-corrected chi connectivity index (χ3v) is 4.12. The molecule has 0 radical (unpaired) electrons. The number of ether oxygens (including phenoxy) is 2. The first kappa shape index (κ1) is 41.4. The van der Waals surface area contributed by atoms with Crippen molar-refractivity contribution in [1.29, 1.82) is 0 Å². The van der Waals surface area contributed by atoms with Crippen molar-refractivity contribution in [2.24, 2.45) is 11.1 Å². The minimum Gasteiger partial charge on any atom is -0.458 e. The van der Waals surface area contributed by atoms with Gasteiger partial charge in [0.15, 0.2) is 0 Å². The van der Waals surface area contributed by atoms with Gasteiger partial charge in [-0.25, -0.2) is 14.4 Å². The molecule has 0 aromatic carbocycles. The van der Waals surface area contributed by atoms with Crippen LogP contribution >= 0.6 is 27.0 Å². The van der Waals surface area contributed by atoms with Crippen LogP contribution < -0.4 is 16.4 Å². The van der Waals surface area contributed by atoms with E-state index in [0.717, 1.165) is 6.42 Å². The maximum atomic E-state index is 12.7. The van der Waals surface area contributed by atoms with E-state index in [9.17, 15) is 14.4 Å². The lowest BCUT2D eigenvalue weighted by Crippen LogP contribution is -2.53. The Morgan fingerprint density at radius 2 is 1.11 bits per heavy atom. The van der Waals surface area contributed by atoms with Crippen molar-refractivity contribution in [3.63, 3.8) is 0 Å². The third kappa shape index (κ3) is 25.3. The number of nitrogens with two attached hydrogens (primary N) is 1. The van der Waals surface area contributed by atoms with Crippen LogP contribution in [0.1, 0.15) is 94.4 Å². The van der Waals surface area contributed by atoms with E-state index in [1.54, 1.807) is 41.5 Å². The monoisotopic (exact) mass is 555 g/mol. The molecule has 0 aromatic heterocycles. The number of urea groups is 1. The van der Waals surface area contributed by atoms with Gasteiger partial charge < -0.3 is 25.8 Å². The Morgan fingerprint density at radius 3 is 1.42 bits per heavy atom. The summed E-state index contributed by atoms with van der Waals surface area (Å²) in [7, 11) is 0. The highest BCUT2D eigenvalue weighted by molar-refractivity contribution is 7.59. The van der Waals surface area contributed by atoms with Crippen LogP contribution in [0, 0.1) is 5.41 Å². The fourth-order valence-corrected chi connectivity index (χ4v) is 2.67. The smallest absolute Gasteiger partial charge is 0.373 e. The van der Waals surface area contributed by atoms with Crippen LogP contribution in [0.2, 0.25) is 0 Å². The summed E-state index contributed by atoms with van der Waals surface area (Å²) < 4.78 is 10.9. The van der Waals surface area contributed by atoms with Gasteiger partial charge >= 0.3 is 24.1 Å². The number of amides is 2. The molecule has 0 heterocycles. The van der Waals surface area contributed by atoms with Gasteiger partial charge in [0.25, 0.3) is 0 Å². The zero-order valence-electron chi connectivity index (χ0n) is 23.3. The molecule has 0 aliphatic rings. The SMILES string of the molecule is CC(C)(C)CC[C@H](NC(=O)N[C@@H](CCCCN)C(=O)OC(C)(C)C)C(=O)OC(C)(C)C.O=C=O.S.S. The molecular formula is C24H49N3O7S2. The van der Waals surface area contributed by atoms with Crippen molar-refractivity contribution in [3.8, 4) is 0 Å². The van der Waals surface area contributed by atoms with Crippen LogP contribution in [0.15, 0.2) is 0 Å². The summed E-state index contributed by atoms with van der Waals surface area (Å²) in [6, 6.07) is -2.25. The number of carbonyl (C=O) groups is 3. The van der Waals surface area contributed by atoms with E-state index < -0.39 is 41.3 Å². The van der Waals surface area contributed by atoms with Crippen molar-refractivity contribution in [2.45, 2.75) is 118 Å². The standard InChI is InChI=1S/C23H45N3O5.CO2.2H2S/c1-21(2,3)14-13-17(19(28)31-23(7,8)9)26-20(29)25-16(12-10-11-15-24)18(27)30-22(4,5)6;2-1-3;;/h16-17H,10-15,24H2,1-9H3,(H2,25,26,29);;2*1H2/t16-,17-;;;/m0.../s1. The lowest BCUT2D eigenvalue weighted by atomic mass is 9.88. The Kier molecular flexibility index (Phi) is 22.3. The molecule has 0 saturated heterocycles. The van der Waals surface area contributed by atoms with Crippen molar-refractivity contribution < 1.29 is 33.4 Å². The highest BCUT2D eigenvalue weighted by Crippen LogP contribution is 2.22. The van der Waals surface area contributed by atoms with Gasteiger partial charge in [-0.15, -0.1) is 0 Å². The zero-order valence-corrected chi connectivity index (χ0v) is 25.3. The van der Waals surface area contributed by atoms with Crippen LogP contribution in [0.5, 0.6) is 0 Å². The molecule has 10 nitrogen and oxygen atoms in total. The van der Waals surface area contributed by atoms with E-state index in [0.29, 0.717) is 32.2 Å². The Hall–Kier alpha value is -1.75. The molecule has 2 amide bonds. The molecule has 0 aromatic rings. The Morgan fingerprint density at radius 1 is 0.750 bits per heavy atom. The first-order valence-electron chi connectivity index (χ1n) is 11.6. The second-order valence-electron chi connectivity index (χ2n) is 11.3. The highest BCUT2D eigenvalue weighted by atomic mass is 32.1. The van der Waals surface area contributed by atoms with Crippen molar-refractivity contribution in [2.75, 3.05) is 6.54 Å². The summed E-state index contributed by atoms with van der Waals surface area (Å²) in [5.41, 5.74) is 4.19. The van der Waals surface area contributed by atoms with Crippen molar-refractivity contribution in [3.05, 3.63) is 0 Å². The number of unbranched alkanes of at least 4 members (excludes halogenated alkanes) is 1. The summed E-state index contributed by atoms with van der Waals surface area (Å²) in [6.07, 6.45) is 3.19. The molecule has 0 unspecified atom stereocenters. The molecule has 0 spiro atoms. The average Bonchev–Trinajstić information content (AvgIpc) is 2.61. The number of nitrogens with one attached hydrogen (secondary N) is 2. The van der Waals surface area contributed by atoms with Gasteiger partial charge in [0, 0.05) is 0 Å². The van der Waals surface area contributed by atoms with Crippen molar-refractivity contribution in [1.82, 2.24) is 10.6 Å². The van der Waals surface area contributed by atoms with Gasteiger partial charge in [-0.05, 0) is 85.6 Å². The molecule has 0 bridgehead atoms. The second-order valence-corrected chi connectivity index (χ2v) is 11.3. The predicted molar refractivity (Wildman–Crippen MR) is 148 cm³/mol. The van der Waals surface area contributed by atoms with Crippen LogP contribution in [-0.4, -0.2) is 54.0 Å². The molecule has 0 aliphatic heterocycles. The third-order valence-electron chi connectivity index (χ3n) is 4.12. The van der Waals surface area contributed by atoms with Crippen LogP contribution in [0.4, 0.5) is 4.79 Å². The van der Waals surface area contributed by atoms with Gasteiger partial charge in [-0.3, -0.25) is 0 Å². The molecule has 0 aliphatic carbocycles. The fourth-order valence-electron chi connectivity index (χ4n) is 2.67. The topological polar surface area (TPSA) is 154 Å². The number of esters is 2. The van der Waals surface area contributed by atoms with E-state index in [-0.39, 0.29) is 38.6 Å². The number of hydrogen-bond acceptors (Lipinski definition) is 8. The molecule has 214 valence electrons. The van der Waals surface area contributed by atoms with Crippen LogP contribution in [0.3, 0.4) is 0 Å². The second kappa shape index (κ2) is 19.4. The first-order valence-corrected chi connectivity index (χ1v) is 11.6. The van der Waals surface area contributed by atoms with Gasteiger partial charge in [0.1, 0.15) is 23.3 Å². The summed E-state index contributed by atoms with van der Waals surface area (Å²) in [5.74, 6) is -1.01. The Labute approximate surface area is 230 Å². The van der Waals surface area contributed by atoms with E-state index in [1.807, 2.05) is 0 Å². The van der Waals surface area contributed by atoms with Gasteiger partial charge in [-0.2, -0.15) is 36.6 Å². The maximum absolute atomic E-state index is 12.7. The minimum atomic E-state index is -0.826. The molecule has 12 heteroatoms.